The summed E-state index contributed by atoms with van der Waals surface area (Å²) in [5, 5.41) is 2.48. The largest absolute Gasteiger partial charge is 0.573 e. The molecule has 1 fully saturated rings. The summed E-state index contributed by atoms with van der Waals surface area (Å²) in [6.45, 7) is 0.596. The van der Waals surface area contributed by atoms with Crippen LogP contribution in [0.2, 0.25) is 0 Å². The van der Waals surface area contributed by atoms with Crippen molar-refractivity contribution in [1.82, 2.24) is 0 Å². The Labute approximate surface area is 106 Å². The predicted molar refractivity (Wildman–Crippen MR) is 58.9 cm³/mol. The number of carbonyl (C=O) groups excluding carboxylic acids is 1. The highest BCUT2D eigenvalue weighted by molar-refractivity contribution is 6.08. The van der Waals surface area contributed by atoms with Crippen LogP contribution in [-0.4, -0.2) is 25.5 Å². The molecule has 1 unspecified atom stereocenters. The summed E-state index contributed by atoms with van der Waals surface area (Å²) in [6.07, 6.45) is -4.33. The molecule has 0 bridgehead atoms. The van der Waals surface area contributed by atoms with E-state index in [2.05, 4.69) is 10.1 Å². The highest BCUT2D eigenvalue weighted by Gasteiger charge is 2.51. The molecule has 2 aliphatic heterocycles. The average Bonchev–Trinajstić information content (AvgIpc) is 2.88. The molecule has 3 rings (SSSR count). The number of benzene rings is 1. The van der Waals surface area contributed by atoms with E-state index in [9.17, 15) is 18.0 Å². The molecule has 102 valence electrons. The van der Waals surface area contributed by atoms with Crippen LogP contribution in [0.25, 0.3) is 0 Å². The van der Waals surface area contributed by atoms with Crippen molar-refractivity contribution in [2.75, 3.05) is 18.5 Å². The molecule has 0 aliphatic carbocycles. The summed E-state index contributed by atoms with van der Waals surface area (Å²) in [5.74, 6) is -0.722. The number of ether oxygens (including phenoxy) is 2. The standard InChI is InChI=1S/C12H10F3NO3/c13-12(14,15)19-8-3-1-2-7-9(8)16-10(17)11(7)4-5-18-6-11/h1-3H,4-6H2,(H,16,17). The summed E-state index contributed by atoms with van der Waals surface area (Å²) in [7, 11) is 0. The van der Waals surface area contributed by atoms with E-state index in [1.165, 1.54) is 12.1 Å². The zero-order valence-corrected chi connectivity index (χ0v) is 9.71. The van der Waals surface area contributed by atoms with Crippen LogP contribution in [0.1, 0.15) is 12.0 Å². The minimum atomic E-state index is -4.79. The van der Waals surface area contributed by atoms with Crippen LogP contribution in [0.3, 0.4) is 0 Å². The Morgan fingerprint density at radius 1 is 1.37 bits per heavy atom. The van der Waals surface area contributed by atoms with Crippen molar-refractivity contribution >= 4 is 11.6 Å². The first-order valence-corrected chi connectivity index (χ1v) is 5.71. The number of alkyl halides is 3. The number of halogens is 3. The normalized spacial score (nSPS) is 25.5. The number of hydrogen-bond acceptors (Lipinski definition) is 3. The van der Waals surface area contributed by atoms with Crippen molar-refractivity contribution in [3.8, 4) is 5.75 Å². The van der Waals surface area contributed by atoms with Gasteiger partial charge in [0.2, 0.25) is 5.91 Å². The number of carbonyl (C=O) groups is 1. The van der Waals surface area contributed by atoms with E-state index in [-0.39, 0.29) is 24.0 Å². The highest BCUT2D eigenvalue weighted by atomic mass is 19.4. The third kappa shape index (κ3) is 1.85. The second-order valence-electron chi connectivity index (χ2n) is 4.57. The lowest BCUT2D eigenvalue weighted by atomic mass is 9.81. The van der Waals surface area contributed by atoms with E-state index in [1.54, 1.807) is 6.07 Å². The van der Waals surface area contributed by atoms with E-state index in [0.717, 1.165) is 0 Å². The summed E-state index contributed by atoms with van der Waals surface area (Å²) in [5.41, 5.74) is -0.271. The lowest BCUT2D eigenvalue weighted by Crippen LogP contribution is -2.34. The van der Waals surface area contributed by atoms with Gasteiger partial charge in [0.1, 0.15) is 5.41 Å². The quantitative estimate of drug-likeness (QED) is 0.853. The first kappa shape index (κ1) is 12.3. The molecule has 19 heavy (non-hydrogen) atoms. The van der Waals surface area contributed by atoms with Gasteiger partial charge in [-0.2, -0.15) is 0 Å². The van der Waals surface area contributed by atoms with Crippen LogP contribution in [0.15, 0.2) is 18.2 Å². The van der Waals surface area contributed by atoms with Crippen LogP contribution in [0, 0.1) is 0 Å². The number of rotatable bonds is 1. The van der Waals surface area contributed by atoms with Gasteiger partial charge in [-0.3, -0.25) is 4.79 Å². The number of amides is 1. The molecule has 1 amide bonds. The van der Waals surface area contributed by atoms with Crippen LogP contribution in [0.5, 0.6) is 5.75 Å². The molecule has 2 heterocycles. The summed E-state index contributed by atoms with van der Waals surface area (Å²) < 4.78 is 46.1. The zero-order chi connectivity index (χ0) is 13.7. The molecule has 1 spiro atoms. The minimum absolute atomic E-state index is 0.0929. The topological polar surface area (TPSA) is 47.6 Å². The van der Waals surface area contributed by atoms with Crippen molar-refractivity contribution in [3.05, 3.63) is 23.8 Å². The molecule has 1 saturated heterocycles. The number of hydrogen-bond donors (Lipinski definition) is 1. The fraction of sp³-hybridized carbons (Fsp3) is 0.417. The minimum Gasteiger partial charge on any atom is -0.404 e. The smallest absolute Gasteiger partial charge is 0.404 e. The molecule has 2 aliphatic rings. The lowest BCUT2D eigenvalue weighted by Gasteiger charge is -2.18. The van der Waals surface area contributed by atoms with Crippen molar-refractivity contribution in [2.24, 2.45) is 0 Å². The molecule has 0 aromatic heterocycles. The van der Waals surface area contributed by atoms with E-state index >= 15 is 0 Å². The number of nitrogens with one attached hydrogen (secondary N) is 1. The Kier molecular flexibility index (Phi) is 2.50. The molecule has 0 saturated carbocycles. The van der Waals surface area contributed by atoms with Crippen molar-refractivity contribution < 1.29 is 27.4 Å². The third-order valence-electron chi connectivity index (χ3n) is 3.46. The van der Waals surface area contributed by atoms with E-state index < -0.39 is 11.8 Å². The van der Waals surface area contributed by atoms with Crippen molar-refractivity contribution in [1.29, 1.82) is 0 Å². The monoisotopic (exact) mass is 273 g/mol. The van der Waals surface area contributed by atoms with Crippen LogP contribution >= 0.6 is 0 Å². The summed E-state index contributed by atoms with van der Waals surface area (Å²) in [4.78, 5) is 12.0. The maximum absolute atomic E-state index is 12.3. The van der Waals surface area contributed by atoms with E-state index in [1.807, 2.05) is 0 Å². The molecular formula is C12H10F3NO3. The number of fused-ring (bicyclic) bond motifs is 2. The Balaban J connectivity index is 2.06. The van der Waals surface area contributed by atoms with E-state index in [4.69, 9.17) is 4.74 Å². The maximum atomic E-state index is 12.3. The van der Waals surface area contributed by atoms with Crippen molar-refractivity contribution in [3.63, 3.8) is 0 Å². The number of para-hydroxylation sites is 1. The van der Waals surface area contributed by atoms with Crippen molar-refractivity contribution in [2.45, 2.75) is 18.2 Å². The predicted octanol–water partition coefficient (Wildman–Crippen LogP) is 2.20. The van der Waals surface area contributed by atoms with E-state index in [0.29, 0.717) is 18.6 Å². The Morgan fingerprint density at radius 2 is 2.16 bits per heavy atom. The highest BCUT2D eigenvalue weighted by Crippen LogP contribution is 2.47. The molecule has 1 atom stereocenters. The molecule has 0 radical (unpaired) electrons. The Hall–Kier alpha value is -1.76. The molecule has 1 aromatic rings. The van der Waals surface area contributed by atoms with Gasteiger partial charge in [-0.05, 0) is 18.1 Å². The fourth-order valence-electron chi connectivity index (χ4n) is 2.58. The Bertz CT molecular complexity index is 536. The van der Waals surface area contributed by atoms with Crippen LogP contribution in [-0.2, 0) is 14.9 Å². The third-order valence-corrected chi connectivity index (χ3v) is 3.46. The van der Waals surface area contributed by atoms with Crippen LogP contribution in [0.4, 0.5) is 18.9 Å². The van der Waals surface area contributed by atoms with Gasteiger partial charge in [-0.25, -0.2) is 0 Å². The van der Waals surface area contributed by atoms with Gasteiger partial charge in [-0.1, -0.05) is 12.1 Å². The van der Waals surface area contributed by atoms with Gasteiger partial charge in [0.05, 0.1) is 12.3 Å². The van der Waals surface area contributed by atoms with Gasteiger partial charge in [0.15, 0.2) is 5.75 Å². The molecular weight excluding hydrogens is 263 g/mol. The van der Waals surface area contributed by atoms with Gasteiger partial charge in [0, 0.05) is 6.61 Å². The summed E-state index contributed by atoms with van der Waals surface area (Å²) >= 11 is 0. The van der Waals surface area contributed by atoms with Crippen LogP contribution < -0.4 is 10.1 Å². The molecule has 1 N–H and O–H groups in total. The fourth-order valence-corrected chi connectivity index (χ4v) is 2.58. The second kappa shape index (κ2) is 3.86. The van der Waals surface area contributed by atoms with Gasteiger partial charge < -0.3 is 14.8 Å². The van der Waals surface area contributed by atoms with Gasteiger partial charge >= 0.3 is 6.36 Å². The number of anilines is 1. The SMILES string of the molecule is O=C1Nc2c(OC(F)(F)F)cccc2C12CCOC2. The first-order chi connectivity index (χ1) is 8.92. The Morgan fingerprint density at radius 3 is 2.79 bits per heavy atom. The zero-order valence-electron chi connectivity index (χ0n) is 9.71. The second-order valence-corrected chi connectivity index (χ2v) is 4.57. The average molecular weight is 273 g/mol. The maximum Gasteiger partial charge on any atom is 0.573 e. The molecule has 4 nitrogen and oxygen atoms in total. The lowest BCUT2D eigenvalue weighted by molar-refractivity contribution is -0.274. The van der Waals surface area contributed by atoms with Gasteiger partial charge in [0.25, 0.3) is 0 Å². The molecule has 7 heteroatoms. The van der Waals surface area contributed by atoms with Gasteiger partial charge in [-0.15, -0.1) is 13.2 Å². The molecule has 1 aromatic carbocycles. The summed E-state index contributed by atoms with van der Waals surface area (Å²) in [6, 6.07) is 4.26. The first-order valence-electron chi connectivity index (χ1n) is 5.71.